The van der Waals surface area contributed by atoms with Gasteiger partial charge in [-0.1, -0.05) is 38.2 Å². The molecule has 0 radical (unpaired) electrons. The zero-order chi connectivity index (χ0) is 12.1. The van der Waals surface area contributed by atoms with Gasteiger partial charge >= 0.3 is 5.97 Å². The van der Waals surface area contributed by atoms with E-state index in [1.807, 2.05) is 6.08 Å². The monoisotopic (exact) mass is 228 g/mol. The highest BCUT2D eigenvalue weighted by atomic mass is 16.5. The molecule has 0 bridgehead atoms. The molecule has 0 fully saturated rings. The summed E-state index contributed by atoms with van der Waals surface area (Å²) < 4.78 is 4.94. The highest BCUT2D eigenvalue weighted by Gasteiger charge is 1.96. The molecule has 0 aromatic heterocycles. The van der Waals surface area contributed by atoms with Crippen molar-refractivity contribution in [2.75, 3.05) is 13.2 Å². The van der Waals surface area contributed by atoms with Crippen molar-refractivity contribution in [1.29, 1.82) is 0 Å². The Labute approximate surface area is 98.5 Å². The van der Waals surface area contributed by atoms with Crippen LogP contribution in [-0.4, -0.2) is 24.3 Å². The fourth-order valence-electron chi connectivity index (χ4n) is 1.54. The topological polar surface area (TPSA) is 46.5 Å². The van der Waals surface area contributed by atoms with Gasteiger partial charge in [0.05, 0.1) is 0 Å². The highest BCUT2D eigenvalue weighted by Crippen LogP contribution is 2.08. The molecule has 0 unspecified atom stereocenters. The molecule has 0 aromatic rings. The Bertz CT molecular complexity index is 178. The number of allylic oxidation sites excluding steroid dienone is 1. The highest BCUT2D eigenvalue weighted by molar-refractivity contribution is 5.67. The van der Waals surface area contributed by atoms with Crippen LogP contribution in [0.15, 0.2) is 12.7 Å². The van der Waals surface area contributed by atoms with Crippen LogP contribution < -0.4 is 0 Å². The van der Waals surface area contributed by atoms with Gasteiger partial charge in [-0.05, 0) is 19.3 Å². The molecule has 0 aliphatic rings. The first kappa shape index (κ1) is 15.2. The second-order valence-electron chi connectivity index (χ2n) is 4.00. The number of hydrogen-bond acceptors (Lipinski definition) is 2. The Kier molecular flexibility index (Phi) is 11.6. The van der Waals surface area contributed by atoms with E-state index in [4.69, 9.17) is 9.84 Å². The van der Waals surface area contributed by atoms with Gasteiger partial charge in [0.2, 0.25) is 0 Å². The number of carboxylic acid groups (broad SMARTS) is 1. The number of carboxylic acids is 1. The largest absolute Gasteiger partial charge is 0.480 e. The molecule has 0 aliphatic carbocycles. The maximum atomic E-state index is 10.1. The van der Waals surface area contributed by atoms with Crippen molar-refractivity contribution in [3.8, 4) is 0 Å². The SMILES string of the molecule is C=CCCCCCCCCCOCC(=O)O. The minimum Gasteiger partial charge on any atom is -0.480 e. The predicted octanol–water partition coefficient (Wildman–Crippen LogP) is 3.39. The van der Waals surface area contributed by atoms with Gasteiger partial charge in [0, 0.05) is 6.61 Å². The zero-order valence-corrected chi connectivity index (χ0v) is 10.1. The molecule has 0 aliphatic heterocycles. The number of unbranched alkanes of at least 4 members (excludes halogenated alkanes) is 7. The Morgan fingerprint density at radius 2 is 1.62 bits per heavy atom. The van der Waals surface area contributed by atoms with Crippen LogP contribution in [0.3, 0.4) is 0 Å². The van der Waals surface area contributed by atoms with Crippen LogP contribution in [0.2, 0.25) is 0 Å². The Morgan fingerprint density at radius 3 is 2.19 bits per heavy atom. The van der Waals surface area contributed by atoms with Gasteiger partial charge in [-0.15, -0.1) is 6.58 Å². The van der Waals surface area contributed by atoms with Crippen LogP contribution in [-0.2, 0) is 9.53 Å². The molecule has 0 aromatic carbocycles. The van der Waals surface area contributed by atoms with E-state index < -0.39 is 5.97 Å². The smallest absolute Gasteiger partial charge is 0.329 e. The van der Waals surface area contributed by atoms with Gasteiger partial charge < -0.3 is 9.84 Å². The van der Waals surface area contributed by atoms with Gasteiger partial charge in [0.25, 0.3) is 0 Å². The molecule has 0 rings (SSSR count). The standard InChI is InChI=1S/C13H24O3/c1-2-3-4-5-6-7-8-9-10-11-16-12-13(14)15/h2H,1,3-12H2,(H,14,15). The van der Waals surface area contributed by atoms with Crippen LogP contribution in [0.4, 0.5) is 0 Å². The van der Waals surface area contributed by atoms with Gasteiger partial charge in [-0.2, -0.15) is 0 Å². The summed E-state index contributed by atoms with van der Waals surface area (Å²) in [5, 5.41) is 8.32. The van der Waals surface area contributed by atoms with Crippen molar-refractivity contribution in [3.05, 3.63) is 12.7 Å². The molecular formula is C13H24O3. The molecular weight excluding hydrogens is 204 g/mol. The number of hydrogen-bond donors (Lipinski definition) is 1. The van der Waals surface area contributed by atoms with E-state index in [9.17, 15) is 4.79 Å². The molecule has 0 atom stereocenters. The maximum Gasteiger partial charge on any atom is 0.329 e. The summed E-state index contributed by atoms with van der Waals surface area (Å²) >= 11 is 0. The van der Waals surface area contributed by atoms with Crippen LogP contribution >= 0.6 is 0 Å². The molecule has 0 amide bonds. The summed E-state index contributed by atoms with van der Waals surface area (Å²) in [7, 11) is 0. The van der Waals surface area contributed by atoms with Gasteiger partial charge in [-0.3, -0.25) is 0 Å². The zero-order valence-electron chi connectivity index (χ0n) is 10.1. The van der Waals surface area contributed by atoms with E-state index in [0.29, 0.717) is 6.61 Å². The first-order valence-corrected chi connectivity index (χ1v) is 6.18. The van der Waals surface area contributed by atoms with Crippen molar-refractivity contribution in [1.82, 2.24) is 0 Å². The lowest BCUT2D eigenvalue weighted by atomic mass is 10.1. The van der Waals surface area contributed by atoms with Gasteiger partial charge in [-0.25, -0.2) is 4.79 Å². The third-order valence-electron chi connectivity index (χ3n) is 2.42. The average Bonchev–Trinajstić information content (AvgIpc) is 2.25. The minimum atomic E-state index is -0.887. The van der Waals surface area contributed by atoms with Gasteiger partial charge in [0.15, 0.2) is 0 Å². The predicted molar refractivity (Wildman–Crippen MR) is 65.6 cm³/mol. The number of ether oxygens (including phenoxy) is 1. The number of rotatable bonds is 12. The summed E-state index contributed by atoms with van der Waals surface area (Å²) in [6.07, 6.45) is 11.6. The lowest BCUT2D eigenvalue weighted by Crippen LogP contribution is -2.07. The third kappa shape index (κ3) is 13.2. The van der Waals surface area contributed by atoms with Crippen LogP contribution in [0.1, 0.15) is 51.4 Å². The van der Waals surface area contributed by atoms with Crippen LogP contribution in [0.5, 0.6) is 0 Å². The van der Waals surface area contributed by atoms with Crippen molar-refractivity contribution in [2.24, 2.45) is 0 Å². The van der Waals surface area contributed by atoms with Crippen molar-refractivity contribution < 1.29 is 14.6 Å². The van der Waals surface area contributed by atoms with Crippen LogP contribution in [0, 0.1) is 0 Å². The molecule has 3 nitrogen and oxygen atoms in total. The normalized spacial score (nSPS) is 10.2. The molecule has 94 valence electrons. The molecule has 0 saturated carbocycles. The quantitative estimate of drug-likeness (QED) is 0.411. The Hall–Kier alpha value is -0.830. The maximum absolute atomic E-state index is 10.1. The van der Waals surface area contributed by atoms with Gasteiger partial charge in [0.1, 0.15) is 6.61 Å². The molecule has 0 spiro atoms. The summed E-state index contributed by atoms with van der Waals surface area (Å²) in [6, 6.07) is 0. The number of aliphatic carboxylic acids is 1. The summed E-state index contributed by atoms with van der Waals surface area (Å²) in [4.78, 5) is 10.1. The second-order valence-corrected chi connectivity index (χ2v) is 4.00. The summed E-state index contributed by atoms with van der Waals surface area (Å²) in [5.41, 5.74) is 0. The third-order valence-corrected chi connectivity index (χ3v) is 2.42. The molecule has 16 heavy (non-hydrogen) atoms. The van der Waals surface area contributed by atoms with E-state index >= 15 is 0 Å². The Morgan fingerprint density at radius 1 is 1.06 bits per heavy atom. The fourth-order valence-corrected chi connectivity index (χ4v) is 1.54. The van der Waals surface area contributed by atoms with E-state index in [1.54, 1.807) is 0 Å². The molecule has 0 saturated heterocycles. The first-order chi connectivity index (χ1) is 7.77. The average molecular weight is 228 g/mol. The number of carbonyl (C=O) groups is 1. The first-order valence-electron chi connectivity index (χ1n) is 6.18. The second kappa shape index (κ2) is 12.2. The lowest BCUT2D eigenvalue weighted by molar-refractivity contribution is -0.142. The van der Waals surface area contributed by atoms with Crippen molar-refractivity contribution in [2.45, 2.75) is 51.4 Å². The lowest BCUT2D eigenvalue weighted by Gasteiger charge is -2.02. The summed E-state index contributed by atoms with van der Waals surface area (Å²) in [5.74, 6) is -0.887. The van der Waals surface area contributed by atoms with Crippen molar-refractivity contribution >= 4 is 5.97 Å². The minimum absolute atomic E-state index is 0.165. The van der Waals surface area contributed by atoms with E-state index in [-0.39, 0.29) is 6.61 Å². The van der Waals surface area contributed by atoms with E-state index in [0.717, 1.165) is 19.3 Å². The van der Waals surface area contributed by atoms with Crippen molar-refractivity contribution in [3.63, 3.8) is 0 Å². The Balaban J connectivity index is 2.93. The molecule has 1 N–H and O–H groups in total. The van der Waals surface area contributed by atoms with E-state index in [1.165, 1.54) is 32.1 Å². The van der Waals surface area contributed by atoms with Crippen LogP contribution in [0.25, 0.3) is 0 Å². The van der Waals surface area contributed by atoms with E-state index in [2.05, 4.69) is 6.58 Å². The molecule has 0 heterocycles. The fraction of sp³-hybridized carbons (Fsp3) is 0.769. The summed E-state index contributed by atoms with van der Waals surface area (Å²) in [6.45, 7) is 4.10. The molecule has 3 heteroatoms.